The Kier molecular flexibility index (Phi) is 7.16. The van der Waals surface area contributed by atoms with Crippen molar-refractivity contribution < 1.29 is 13.7 Å². The predicted octanol–water partition coefficient (Wildman–Crippen LogP) is 3.64. The number of hydrogen-bond acceptors (Lipinski definition) is 3. The molecule has 0 aliphatic rings. The van der Waals surface area contributed by atoms with Gasteiger partial charge in [-0.3, -0.25) is 4.79 Å². The highest BCUT2D eigenvalue weighted by molar-refractivity contribution is 7.84. The summed E-state index contributed by atoms with van der Waals surface area (Å²) >= 11 is 0. The van der Waals surface area contributed by atoms with Crippen molar-refractivity contribution in [1.82, 2.24) is 4.31 Å². The number of anilines is 1. The fourth-order valence-electron chi connectivity index (χ4n) is 2.74. The smallest absolute Gasteiger partial charge is 0.243 e. The van der Waals surface area contributed by atoms with Gasteiger partial charge in [0.2, 0.25) is 5.91 Å². The van der Waals surface area contributed by atoms with E-state index in [-0.39, 0.29) is 5.91 Å². The second-order valence-electron chi connectivity index (χ2n) is 7.30. The minimum atomic E-state index is -1.33. The van der Waals surface area contributed by atoms with Gasteiger partial charge in [-0.25, -0.2) is 8.51 Å². The molecule has 2 aromatic carbocycles. The van der Waals surface area contributed by atoms with Crippen molar-refractivity contribution in [2.75, 3.05) is 19.5 Å². The van der Waals surface area contributed by atoms with Gasteiger partial charge in [-0.15, -0.1) is 0 Å². The van der Waals surface area contributed by atoms with Crippen molar-refractivity contribution in [2.24, 2.45) is 0 Å². The normalized spacial score (nSPS) is 13.9. The predicted molar refractivity (Wildman–Crippen MR) is 111 cm³/mol. The van der Waals surface area contributed by atoms with Gasteiger partial charge >= 0.3 is 0 Å². The van der Waals surface area contributed by atoms with Crippen LogP contribution in [0.2, 0.25) is 0 Å². The number of likely N-dealkylation sites (N-methyl/N-ethyl adjacent to an activating group) is 1. The van der Waals surface area contributed by atoms with E-state index >= 15 is 0 Å². The van der Waals surface area contributed by atoms with E-state index < -0.39 is 21.8 Å². The monoisotopic (exact) mass is 388 g/mol. The van der Waals surface area contributed by atoms with Gasteiger partial charge in [0.05, 0.1) is 17.5 Å². The Balaban J connectivity index is 2.30. The highest BCUT2D eigenvalue weighted by atomic mass is 32.2. The molecule has 0 fully saturated rings. The number of nitrogens with zero attached hydrogens (tertiary/aromatic N) is 1. The molecule has 5 nitrogen and oxygen atoms in total. The Bertz CT molecular complexity index is 788. The molecule has 146 valence electrons. The second kappa shape index (κ2) is 9.15. The van der Waals surface area contributed by atoms with Gasteiger partial charge in [-0.1, -0.05) is 42.5 Å². The highest BCUT2D eigenvalue weighted by Gasteiger charge is 2.33. The van der Waals surface area contributed by atoms with Crippen LogP contribution < -0.4 is 10.1 Å². The zero-order chi connectivity index (χ0) is 20.0. The van der Waals surface area contributed by atoms with Crippen molar-refractivity contribution in [3.63, 3.8) is 0 Å². The molecule has 2 aromatic rings. The Labute approximate surface area is 164 Å². The third-order valence-electron chi connectivity index (χ3n) is 4.16. The first-order valence-corrected chi connectivity index (χ1v) is 9.97. The van der Waals surface area contributed by atoms with Crippen LogP contribution in [0, 0.1) is 0 Å². The molecule has 6 heteroatoms. The topological polar surface area (TPSA) is 58.6 Å². The molecule has 0 aliphatic carbocycles. The van der Waals surface area contributed by atoms with E-state index in [2.05, 4.69) is 5.32 Å². The lowest BCUT2D eigenvalue weighted by molar-refractivity contribution is -0.119. The fourth-order valence-corrected chi connectivity index (χ4v) is 4.00. The van der Waals surface area contributed by atoms with Crippen LogP contribution in [0.15, 0.2) is 54.6 Å². The van der Waals surface area contributed by atoms with Gasteiger partial charge in [-0.05, 0) is 44.9 Å². The quantitative estimate of drug-likeness (QED) is 0.788. The van der Waals surface area contributed by atoms with Gasteiger partial charge in [0.15, 0.2) is 0 Å². The number of rotatable bonds is 7. The third-order valence-corrected chi connectivity index (χ3v) is 5.99. The van der Waals surface area contributed by atoms with E-state index in [4.69, 9.17) is 4.74 Å². The summed E-state index contributed by atoms with van der Waals surface area (Å²) in [6.07, 6.45) is 0.458. The van der Waals surface area contributed by atoms with Crippen LogP contribution >= 0.6 is 0 Å². The van der Waals surface area contributed by atoms with Crippen LogP contribution in [0.1, 0.15) is 26.3 Å². The zero-order valence-electron chi connectivity index (χ0n) is 16.6. The SMILES string of the molecule is COc1ccccc1NC(=O)C(Cc1ccccc1)N(C)S(=O)C(C)(C)C. The summed E-state index contributed by atoms with van der Waals surface area (Å²) in [6, 6.07) is 16.4. The number of amides is 1. The van der Waals surface area contributed by atoms with Crippen molar-refractivity contribution >= 4 is 22.6 Å². The number of ether oxygens (including phenoxy) is 1. The van der Waals surface area contributed by atoms with E-state index in [1.54, 1.807) is 30.6 Å². The van der Waals surface area contributed by atoms with Crippen molar-refractivity contribution in [3.8, 4) is 5.75 Å². The first-order chi connectivity index (χ1) is 12.7. The lowest BCUT2D eigenvalue weighted by atomic mass is 10.1. The number of methoxy groups -OCH3 is 1. The summed E-state index contributed by atoms with van der Waals surface area (Å²) in [4.78, 5) is 13.1. The van der Waals surface area contributed by atoms with Crippen molar-refractivity contribution in [3.05, 3.63) is 60.2 Å². The average Bonchev–Trinajstić information content (AvgIpc) is 2.65. The zero-order valence-corrected chi connectivity index (χ0v) is 17.4. The summed E-state index contributed by atoms with van der Waals surface area (Å²) < 4.78 is 19.4. The maximum Gasteiger partial charge on any atom is 0.243 e. The Morgan fingerprint density at radius 1 is 1.11 bits per heavy atom. The molecule has 0 saturated carbocycles. The molecule has 0 spiro atoms. The largest absolute Gasteiger partial charge is 0.495 e. The van der Waals surface area contributed by atoms with E-state index in [9.17, 15) is 9.00 Å². The van der Waals surface area contributed by atoms with Crippen molar-refractivity contribution in [2.45, 2.75) is 38.0 Å². The van der Waals surface area contributed by atoms with Gasteiger partial charge in [0, 0.05) is 7.05 Å². The number of para-hydroxylation sites is 2. The average molecular weight is 389 g/mol. The molecule has 0 heterocycles. The molecule has 0 saturated heterocycles. The van der Waals surface area contributed by atoms with Crippen LogP contribution in [-0.4, -0.2) is 39.4 Å². The molecule has 2 rings (SSSR count). The maximum absolute atomic E-state index is 13.1. The standard InChI is InChI=1S/C21H28N2O3S/c1-21(2,3)27(25)23(4)18(15-16-11-7-6-8-12-16)20(24)22-17-13-9-10-14-19(17)26-5/h6-14,18H,15H2,1-5H3,(H,22,24). The van der Waals surface area contributed by atoms with E-state index in [0.29, 0.717) is 17.9 Å². The summed E-state index contributed by atoms with van der Waals surface area (Å²) in [5.41, 5.74) is 1.61. The first-order valence-electron chi connectivity index (χ1n) is 8.86. The van der Waals surface area contributed by atoms with Crippen LogP contribution in [0.3, 0.4) is 0 Å². The van der Waals surface area contributed by atoms with E-state index in [0.717, 1.165) is 5.56 Å². The maximum atomic E-state index is 13.1. The minimum Gasteiger partial charge on any atom is -0.495 e. The Hall–Kier alpha value is -2.18. The molecular weight excluding hydrogens is 360 g/mol. The number of carbonyl (C=O) groups is 1. The van der Waals surface area contributed by atoms with Crippen molar-refractivity contribution in [1.29, 1.82) is 0 Å². The minimum absolute atomic E-state index is 0.219. The summed E-state index contributed by atoms with van der Waals surface area (Å²) in [6.45, 7) is 5.70. The summed E-state index contributed by atoms with van der Waals surface area (Å²) in [5, 5.41) is 2.93. The molecular formula is C21H28N2O3S. The Morgan fingerprint density at radius 2 is 1.70 bits per heavy atom. The molecule has 2 unspecified atom stereocenters. The number of benzene rings is 2. The fraction of sp³-hybridized carbons (Fsp3) is 0.381. The van der Waals surface area contributed by atoms with E-state index in [1.807, 2.05) is 63.2 Å². The molecule has 0 aromatic heterocycles. The van der Waals surface area contributed by atoms with Gasteiger partial charge < -0.3 is 10.1 Å². The lowest BCUT2D eigenvalue weighted by Crippen LogP contribution is -2.48. The molecule has 1 amide bonds. The first kappa shape index (κ1) is 21.1. The second-order valence-corrected chi connectivity index (χ2v) is 9.60. The van der Waals surface area contributed by atoms with Crippen LogP contribution in [0.25, 0.3) is 0 Å². The third kappa shape index (κ3) is 5.65. The van der Waals surface area contributed by atoms with Crippen LogP contribution in [0.4, 0.5) is 5.69 Å². The number of carbonyl (C=O) groups excluding carboxylic acids is 1. The summed E-state index contributed by atoms with van der Waals surface area (Å²) in [7, 11) is 1.97. The molecule has 27 heavy (non-hydrogen) atoms. The molecule has 2 atom stereocenters. The van der Waals surface area contributed by atoms with Crippen LogP contribution in [0.5, 0.6) is 5.75 Å². The molecule has 0 aliphatic heterocycles. The van der Waals surface area contributed by atoms with Gasteiger partial charge in [-0.2, -0.15) is 0 Å². The van der Waals surface area contributed by atoms with Gasteiger partial charge in [0.1, 0.15) is 22.8 Å². The molecule has 0 radical (unpaired) electrons. The van der Waals surface area contributed by atoms with E-state index in [1.165, 1.54) is 0 Å². The number of hydrogen-bond donors (Lipinski definition) is 1. The highest BCUT2D eigenvalue weighted by Crippen LogP contribution is 2.25. The number of nitrogens with one attached hydrogen (secondary N) is 1. The van der Waals surface area contributed by atoms with Crippen LogP contribution in [-0.2, 0) is 22.2 Å². The summed E-state index contributed by atoms with van der Waals surface area (Å²) in [5.74, 6) is 0.368. The molecule has 0 bridgehead atoms. The lowest BCUT2D eigenvalue weighted by Gasteiger charge is -2.31. The molecule has 1 N–H and O–H groups in total. The Morgan fingerprint density at radius 3 is 2.30 bits per heavy atom. The van der Waals surface area contributed by atoms with Gasteiger partial charge in [0.25, 0.3) is 0 Å².